The summed E-state index contributed by atoms with van der Waals surface area (Å²) in [6.45, 7) is 0. The van der Waals surface area contributed by atoms with E-state index in [1.54, 1.807) is 12.1 Å². The van der Waals surface area contributed by atoms with Crippen molar-refractivity contribution in [2.75, 3.05) is 0 Å². The van der Waals surface area contributed by atoms with E-state index in [4.69, 9.17) is 4.42 Å². The van der Waals surface area contributed by atoms with E-state index in [-0.39, 0.29) is 11.3 Å². The molecule has 0 N–H and O–H groups in total. The number of hydrogen-bond acceptors (Lipinski definition) is 5. The van der Waals surface area contributed by atoms with Gasteiger partial charge in [-0.2, -0.15) is 22.7 Å². The molecule has 2 aromatic carbocycles. The summed E-state index contributed by atoms with van der Waals surface area (Å²) < 4.78 is 47.0. The number of hydrogen-bond donors (Lipinski definition) is 0. The van der Waals surface area contributed by atoms with Gasteiger partial charge in [0.2, 0.25) is 4.96 Å². The quantitative estimate of drug-likeness (QED) is 0.321. The van der Waals surface area contributed by atoms with E-state index in [1.165, 1.54) is 22.7 Å². The van der Waals surface area contributed by atoms with Crippen molar-refractivity contribution >= 4 is 38.3 Å². The summed E-state index contributed by atoms with van der Waals surface area (Å²) >= 11 is 4.52. The van der Waals surface area contributed by atoms with Crippen LogP contribution in [0.25, 0.3) is 33.7 Å². The first-order chi connectivity index (χ1) is 15.3. The molecule has 3 aromatic heterocycles. The summed E-state index contributed by atoms with van der Waals surface area (Å²) in [4.78, 5) is 17.6. The first kappa shape index (κ1) is 20.7. The lowest BCUT2D eigenvalue weighted by Gasteiger charge is -2.07. The predicted molar refractivity (Wildman–Crippen MR) is 118 cm³/mol. The van der Waals surface area contributed by atoms with E-state index in [1.807, 2.05) is 24.3 Å². The maximum atomic E-state index is 13.0. The van der Waals surface area contributed by atoms with Gasteiger partial charge in [-0.3, -0.25) is 4.79 Å². The number of thiazole rings is 1. The molecule has 0 saturated carbocycles. The molecule has 10 heteroatoms. The van der Waals surface area contributed by atoms with Crippen LogP contribution in [0.3, 0.4) is 0 Å². The van der Waals surface area contributed by atoms with E-state index in [0.717, 1.165) is 33.5 Å². The molecule has 0 aliphatic carbocycles. The van der Waals surface area contributed by atoms with Crippen LogP contribution in [0.2, 0.25) is 0 Å². The summed E-state index contributed by atoms with van der Waals surface area (Å²) in [5.74, 6) is 1.05. The van der Waals surface area contributed by atoms with Gasteiger partial charge in [-0.1, -0.05) is 51.5 Å². The van der Waals surface area contributed by atoms with Crippen LogP contribution in [0.1, 0.15) is 11.3 Å². The molecule has 0 atom stereocenters. The number of aromatic nitrogens is 3. The molecule has 0 spiro atoms. The average molecular weight is 518 g/mol. The number of halogens is 4. The molecule has 0 radical (unpaired) electrons. The summed E-state index contributed by atoms with van der Waals surface area (Å²) in [6, 6.07) is 15.5. The number of fused-ring (bicyclic) bond motifs is 1. The number of nitrogens with zero attached hydrogens (tertiary/aromatic N) is 3. The highest BCUT2D eigenvalue weighted by Crippen LogP contribution is 2.32. The molecule has 0 unspecified atom stereocenters. The fraction of sp³-hybridized carbons (Fsp3) is 0.0455. The lowest BCUT2D eigenvalue weighted by atomic mass is 10.1. The number of alkyl halides is 3. The van der Waals surface area contributed by atoms with E-state index < -0.39 is 11.7 Å². The van der Waals surface area contributed by atoms with Gasteiger partial charge in [0.1, 0.15) is 16.1 Å². The van der Waals surface area contributed by atoms with Crippen molar-refractivity contribution < 1.29 is 17.6 Å². The van der Waals surface area contributed by atoms with Gasteiger partial charge < -0.3 is 4.42 Å². The van der Waals surface area contributed by atoms with Crippen LogP contribution < -0.4 is 10.1 Å². The molecule has 0 saturated heterocycles. The minimum absolute atomic E-state index is 0.270. The van der Waals surface area contributed by atoms with Crippen LogP contribution in [-0.2, 0) is 6.18 Å². The van der Waals surface area contributed by atoms with Crippen LogP contribution >= 0.6 is 27.3 Å². The highest BCUT2D eigenvalue weighted by atomic mass is 79.9. The van der Waals surface area contributed by atoms with Crippen molar-refractivity contribution in [3.05, 3.63) is 91.3 Å². The SMILES string of the molecule is O=c1/c(=C/c2ccc(-c3cccc(C(F)(F)F)c3)o2)sc2nc(-c3ccc(Br)cc3)nn12. The molecule has 5 nitrogen and oxygen atoms in total. The summed E-state index contributed by atoms with van der Waals surface area (Å²) in [5.41, 5.74) is -0.0295. The Bertz CT molecular complexity index is 1550. The van der Waals surface area contributed by atoms with Crippen molar-refractivity contribution in [2.24, 2.45) is 0 Å². The number of benzene rings is 2. The molecule has 0 aliphatic heterocycles. The topological polar surface area (TPSA) is 60.4 Å². The number of furan rings is 1. The zero-order chi connectivity index (χ0) is 22.5. The molecular formula is C22H11BrF3N3O2S. The maximum Gasteiger partial charge on any atom is 0.416 e. The maximum absolute atomic E-state index is 13.0. The van der Waals surface area contributed by atoms with Crippen molar-refractivity contribution in [1.82, 2.24) is 14.6 Å². The highest BCUT2D eigenvalue weighted by Gasteiger charge is 2.30. The highest BCUT2D eigenvalue weighted by molar-refractivity contribution is 9.10. The van der Waals surface area contributed by atoms with Gasteiger partial charge in [0.25, 0.3) is 5.56 Å². The van der Waals surface area contributed by atoms with E-state index in [9.17, 15) is 18.0 Å². The Morgan fingerprint density at radius 1 is 1.03 bits per heavy atom. The van der Waals surface area contributed by atoms with Gasteiger partial charge in [-0.05, 0) is 36.4 Å². The van der Waals surface area contributed by atoms with Gasteiger partial charge in [0.15, 0.2) is 5.82 Å². The van der Waals surface area contributed by atoms with E-state index in [0.29, 0.717) is 26.6 Å². The third kappa shape index (κ3) is 3.87. The van der Waals surface area contributed by atoms with Crippen LogP contribution in [0.15, 0.2) is 74.3 Å². The lowest BCUT2D eigenvalue weighted by molar-refractivity contribution is -0.137. The van der Waals surface area contributed by atoms with Crippen molar-refractivity contribution in [1.29, 1.82) is 0 Å². The molecule has 160 valence electrons. The van der Waals surface area contributed by atoms with Crippen molar-refractivity contribution in [3.63, 3.8) is 0 Å². The zero-order valence-electron chi connectivity index (χ0n) is 15.9. The van der Waals surface area contributed by atoms with Crippen LogP contribution in [0.5, 0.6) is 0 Å². The second-order valence-corrected chi connectivity index (χ2v) is 8.76. The molecule has 0 amide bonds. The lowest BCUT2D eigenvalue weighted by Crippen LogP contribution is -2.23. The van der Waals surface area contributed by atoms with Gasteiger partial charge in [0, 0.05) is 21.7 Å². The van der Waals surface area contributed by atoms with Crippen molar-refractivity contribution in [2.45, 2.75) is 6.18 Å². The van der Waals surface area contributed by atoms with Gasteiger partial charge >= 0.3 is 6.18 Å². The fourth-order valence-corrected chi connectivity index (χ4v) is 4.27. The summed E-state index contributed by atoms with van der Waals surface area (Å²) in [5, 5.41) is 4.29. The van der Waals surface area contributed by atoms with Gasteiger partial charge in [0.05, 0.1) is 5.56 Å². The Hall–Kier alpha value is -3.24. The molecule has 0 fully saturated rings. The monoisotopic (exact) mass is 517 g/mol. The second kappa shape index (κ2) is 7.72. The Kier molecular flexibility index (Phi) is 4.98. The first-order valence-corrected chi connectivity index (χ1v) is 10.8. The number of rotatable bonds is 3. The second-order valence-electron chi connectivity index (χ2n) is 6.83. The van der Waals surface area contributed by atoms with Crippen LogP contribution in [0, 0.1) is 0 Å². The van der Waals surface area contributed by atoms with E-state index >= 15 is 0 Å². The molecular weight excluding hydrogens is 507 g/mol. The van der Waals surface area contributed by atoms with E-state index in [2.05, 4.69) is 26.0 Å². The van der Waals surface area contributed by atoms with Crippen molar-refractivity contribution in [3.8, 4) is 22.7 Å². The largest absolute Gasteiger partial charge is 0.457 e. The third-order valence-electron chi connectivity index (χ3n) is 4.66. The summed E-state index contributed by atoms with van der Waals surface area (Å²) in [6.07, 6.45) is -2.91. The molecule has 5 aromatic rings. The molecule has 32 heavy (non-hydrogen) atoms. The minimum Gasteiger partial charge on any atom is -0.457 e. The molecule has 5 rings (SSSR count). The third-order valence-corrected chi connectivity index (χ3v) is 6.15. The standard InChI is InChI=1S/C22H11BrF3N3O2S/c23-15-6-4-12(5-7-15)19-27-21-29(28-19)20(30)18(32-21)11-16-8-9-17(31-16)13-2-1-3-14(10-13)22(24,25)26/h1-11H/b18-11-. The minimum atomic E-state index is -4.44. The van der Waals surface area contributed by atoms with Crippen LogP contribution in [0.4, 0.5) is 13.2 Å². The Labute approximate surface area is 190 Å². The zero-order valence-corrected chi connectivity index (χ0v) is 18.3. The predicted octanol–water partition coefficient (Wildman–Crippen LogP) is 5.41. The fourth-order valence-electron chi connectivity index (χ4n) is 3.12. The Morgan fingerprint density at radius 2 is 1.81 bits per heavy atom. The first-order valence-electron chi connectivity index (χ1n) is 9.23. The van der Waals surface area contributed by atoms with Gasteiger partial charge in [-0.25, -0.2) is 0 Å². The molecule has 3 heterocycles. The molecule has 0 bridgehead atoms. The van der Waals surface area contributed by atoms with Crippen LogP contribution in [-0.4, -0.2) is 14.6 Å². The Morgan fingerprint density at radius 3 is 2.53 bits per heavy atom. The summed E-state index contributed by atoms with van der Waals surface area (Å²) in [7, 11) is 0. The smallest absolute Gasteiger partial charge is 0.416 e. The molecule has 0 aliphatic rings. The average Bonchev–Trinajstić information content (AvgIpc) is 3.46. The normalized spacial score (nSPS) is 12.7. The Balaban J connectivity index is 1.48. The van der Waals surface area contributed by atoms with Gasteiger partial charge in [-0.15, -0.1) is 5.10 Å².